The number of hydrogen-bond acceptors (Lipinski definition) is 2. The maximum absolute atomic E-state index is 11.4. The summed E-state index contributed by atoms with van der Waals surface area (Å²) in [6.07, 6.45) is 0.919. The minimum atomic E-state index is -0.485. The molecule has 1 aromatic rings. The molecule has 2 amide bonds. The summed E-state index contributed by atoms with van der Waals surface area (Å²) >= 11 is 5.27. The van der Waals surface area contributed by atoms with Gasteiger partial charge in [0.2, 0.25) is 5.91 Å². The number of carbonyl (C=O) groups excluding carboxylic acids is 2. The van der Waals surface area contributed by atoms with Gasteiger partial charge in [-0.3, -0.25) is 14.9 Å². The fraction of sp³-hybridized carbons (Fsp3) is 0.273. The number of nitrogens with one attached hydrogen (secondary N) is 1. The Bertz CT molecular complexity index is 359. The second-order valence-corrected chi connectivity index (χ2v) is 3.33. The van der Waals surface area contributed by atoms with E-state index in [0.717, 1.165) is 12.0 Å². The minimum absolute atomic E-state index is 0.210. The number of hydrogen-bond donors (Lipinski definition) is 1. The summed E-state index contributed by atoms with van der Waals surface area (Å²) in [7, 11) is 0. The fourth-order valence-corrected chi connectivity index (χ4v) is 1.19. The van der Waals surface area contributed by atoms with Crippen molar-refractivity contribution in [1.29, 1.82) is 0 Å². The molecule has 3 nitrogen and oxygen atoms in total. The molecule has 1 rings (SSSR count). The predicted molar refractivity (Wildman–Crippen MR) is 59.0 cm³/mol. The molecule has 0 spiro atoms. The van der Waals surface area contributed by atoms with Crippen LogP contribution in [-0.4, -0.2) is 17.7 Å². The number of rotatable bonds is 3. The molecule has 15 heavy (non-hydrogen) atoms. The molecule has 0 bridgehead atoms. The van der Waals surface area contributed by atoms with Gasteiger partial charge in [0.25, 0.3) is 5.91 Å². The van der Waals surface area contributed by atoms with Crippen molar-refractivity contribution in [3.05, 3.63) is 35.4 Å². The Hall–Kier alpha value is -1.35. The Labute approximate surface area is 93.4 Å². The monoisotopic (exact) mass is 225 g/mol. The van der Waals surface area contributed by atoms with Crippen LogP contribution in [0, 0.1) is 0 Å². The molecular weight excluding hydrogens is 214 g/mol. The summed E-state index contributed by atoms with van der Waals surface area (Å²) in [5.41, 5.74) is 1.61. The van der Waals surface area contributed by atoms with Gasteiger partial charge in [0, 0.05) is 5.56 Å². The standard InChI is InChI=1S/C11H12ClNO2/c1-2-8-3-5-9(6-4-8)11(15)13-10(14)7-12/h3-6H,2,7H2,1H3,(H,13,14,15). The molecule has 0 saturated heterocycles. The largest absolute Gasteiger partial charge is 0.291 e. The maximum Gasteiger partial charge on any atom is 0.257 e. The van der Waals surface area contributed by atoms with Crippen LogP contribution in [0.1, 0.15) is 22.8 Å². The average molecular weight is 226 g/mol. The van der Waals surface area contributed by atoms with E-state index < -0.39 is 11.8 Å². The van der Waals surface area contributed by atoms with E-state index in [1.165, 1.54) is 0 Å². The molecule has 0 aliphatic rings. The molecule has 0 unspecified atom stereocenters. The number of aryl methyl sites for hydroxylation is 1. The van der Waals surface area contributed by atoms with Crippen molar-refractivity contribution in [2.45, 2.75) is 13.3 Å². The number of carbonyl (C=O) groups is 2. The lowest BCUT2D eigenvalue weighted by Gasteiger charge is -2.02. The van der Waals surface area contributed by atoms with Crippen LogP contribution < -0.4 is 5.32 Å². The second-order valence-electron chi connectivity index (χ2n) is 3.06. The van der Waals surface area contributed by atoms with Gasteiger partial charge in [-0.15, -0.1) is 11.6 Å². The molecule has 0 aliphatic carbocycles. The highest BCUT2D eigenvalue weighted by Gasteiger charge is 2.08. The lowest BCUT2D eigenvalue weighted by molar-refractivity contribution is -0.117. The molecular formula is C11H12ClNO2. The van der Waals surface area contributed by atoms with Crippen molar-refractivity contribution in [1.82, 2.24) is 5.32 Å². The highest BCUT2D eigenvalue weighted by Crippen LogP contribution is 2.04. The molecule has 0 heterocycles. The molecule has 0 aliphatic heterocycles. The zero-order valence-electron chi connectivity index (χ0n) is 8.42. The van der Waals surface area contributed by atoms with Gasteiger partial charge in [-0.25, -0.2) is 0 Å². The minimum Gasteiger partial charge on any atom is -0.291 e. The van der Waals surface area contributed by atoms with Crippen LogP contribution in [0.5, 0.6) is 0 Å². The quantitative estimate of drug-likeness (QED) is 0.797. The molecule has 0 atom stereocenters. The van der Waals surface area contributed by atoms with Gasteiger partial charge in [-0.2, -0.15) is 0 Å². The zero-order chi connectivity index (χ0) is 11.3. The van der Waals surface area contributed by atoms with Gasteiger partial charge < -0.3 is 0 Å². The summed E-state index contributed by atoms with van der Waals surface area (Å²) < 4.78 is 0. The summed E-state index contributed by atoms with van der Waals surface area (Å²) in [5, 5.41) is 2.17. The Balaban J connectivity index is 2.70. The van der Waals surface area contributed by atoms with Gasteiger partial charge in [-0.05, 0) is 24.1 Å². The smallest absolute Gasteiger partial charge is 0.257 e. The first kappa shape index (κ1) is 11.7. The Morgan fingerprint density at radius 2 is 1.87 bits per heavy atom. The Kier molecular flexibility index (Phi) is 4.31. The van der Waals surface area contributed by atoms with E-state index in [-0.39, 0.29) is 5.88 Å². The van der Waals surface area contributed by atoms with Crippen LogP contribution in [-0.2, 0) is 11.2 Å². The van der Waals surface area contributed by atoms with Crippen LogP contribution in [0.4, 0.5) is 0 Å². The predicted octanol–water partition coefficient (Wildman–Crippen LogP) is 1.74. The first-order chi connectivity index (χ1) is 7.17. The first-order valence-electron chi connectivity index (χ1n) is 4.66. The molecule has 0 fully saturated rings. The molecule has 4 heteroatoms. The number of halogens is 1. The lowest BCUT2D eigenvalue weighted by atomic mass is 10.1. The van der Waals surface area contributed by atoms with E-state index in [1.807, 2.05) is 19.1 Å². The highest BCUT2D eigenvalue weighted by atomic mass is 35.5. The normalized spacial score (nSPS) is 9.73. The van der Waals surface area contributed by atoms with Gasteiger partial charge in [0.15, 0.2) is 0 Å². The number of amides is 2. The Morgan fingerprint density at radius 1 is 1.27 bits per heavy atom. The van der Waals surface area contributed by atoms with Gasteiger partial charge in [-0.1, -0.05) is 19.1 Å². The Morgan fingerprint density at radius 3 is 2.33 bits per heavy atom. The van der Waals surface area contributed by atoms with E-state index in [0.29, 0.717) is 5.56 Å². The van der Waals surface area contributed by atoms with Crippen molar-refractivity contribution in [2.75, 3.05) is 5.88 Å². The SMILES string of the molecule is CCc1ccc(C(=O)NC(=O)CCl)cc1. The van der Waals surface area contributed by atoms with E-state index in [2.05, 4.69) is 5.32 Å². The lowest BCUT2D eigenvalue weighted by Crippen LogP contribution is -2.31. The maximum atomic E-state index is 11.4. The fourth-order valence-electron chi connectivity index (χ4n) is 1.12. The second kappa shape index (κ2) is 5.51. The van der Waals surface area contributed by atoms with Crippen molar-refractivity contribution in [3.8, 4) is 0 Å². The van der Waals surface area contributed by atoms with Gasteiger partial charge >= 0.3 is 0 Å². The summed E-state index contributed by atoms with van der Waals surface area (Å²) in [6, 6.07) is 7.10. The zero-order valence-corrected chi connectivity index (χ0v) is 9.17. The van der Waals surface area contributed by atoms with Crippen LogP contribution >= 0.6 is 11.6 Å². The molecule has 0 aromatic heterocycles. The van der Waals surface area contributed by atoms with E-state index in [4.69, 9.17) is 11.6 Å². The average Bonchev–Trinajstić information content (AvgIpc) is 2.29. The van der Waals surface area contributed by atoms with Crippen LogP contribution in [0.3, 0.4) is 0 Å². The molecule has 80 valence electrons. The summed E-state index contributed by atoms with van der Waals surface area (Å²) in [4.78, 5) is 22.3. The number of alkyl halides is 1. The van der Waals surface area contributed by atoms with Crippen molar-refractivity contribution < 1.29 is 9.59 Å². The third-order valence-electron chi connectivity index (χ3n) is 2.00. The summed E-state index contributed by atoms with van der Waals surface area (Å²) in [6.45, 7) is 2.03. The summed E-state index contributed by atoms with van der Waals surface area (Å²) in [5.74, 6) is -1.11. The molecule has 0 saturated carbocycles. The number of imide groups is 1. The van der Waals surface area contributed by atoms with Crippen molar-refractivity contribution in [3.63, 3.8) is 0 Å². The van der Waals surface area contributed by atoms with Crippen LogP contribution in [0.25, 0.3) is 0 Å². The highest BCUT2D eigenvalue weighted by molar-refractivity contribution is 6.28. The first-order valence-corrected chi connectivity index (χ1v) is 5.20. The van der Waals surface area contributed by atoms with Gasteiger partial charge in [0.05, 0.1) is 0 Å². The van der Waals surface area contributed by atoms with Crippen molar-refractivity contribution in [2.24, 2.45) is 0 Å². The van der Waals surface area contributed by atoms with Crippen LogP contribution in [0.15, 0.2) is 24.3 Å². The molecule has 0 radical (unpaired) electrons. The molecule has 1 aromatic carbocycles. The van der Waals surface area contributed by atoms with E-state index in [1.54, 1.807) is 12.1 Å². The van der Waals surface area contributed by atoms with Crippen molar-refractivity contribution >= 4 is 23.4 Å². The third-order valence-corrected chi connectivity index (χ3v) is 2.24. The van der Waals surface area contributed by atoms with Crippen LogP contribution in [0.2, 0.25) is 0 Å². The number of benzene rings is 1. The third kappa shape index (κ3) is 3.36. The van der Waals surface area contributed by atoms with E-state index in [9.17, 15) is 9.59 Å². The topological polar surface area (TPSA) is 46.2 Å². The van der Waals surface area contributed by atoms with Gasteiger partial charge in [0.1, 0.15) is 5.88 Å². The molecule has 1 N–H and O–H groups in total. The van der Waals surface area contributed by atoms with E-state index >= 15 is 0 Å².